The van der Waals surface area contributed by atoms with Crippen molar-refractivity contribution in [2.75, 3.05) is 31.1 Å². The summed E-state index contributed by atoms with van der Waals surface area (Å²) < 4.78 is 26.6. The van der Waals surface area contributed by atoms with Crippen LogP contribution in [-0.4, -0.2) is 43.9 Å². The van der Waals surface area contributed by atoms with Gasteiger partial charge in [-0.1, -0.05) is 31.2 Å². The standard InChI is InChI=1S/C15H24N2O2S2/c1-2-16-12-14-4-6-15(7-5-14)13-21(18,19)17-8-3-10-20-11-9-17/h4-7,16H,2-3,8-13H2,1H3. The quantitative estimate of drug-likeness (QED) is 0.868. The first-order valence-corrected chi connectivity index (χ1v) is 10.2. The number of nitrogens with one attached hydrogen (secondary N) is 1. The molecule has 1 aromatic rings. The van der Waals surface area contributed by atoms with Crippen LogP contribution in [0.25, 0.3) is 0 Å². The zero-order chi connectivity index (χ0) is 15.1. The van der Waals surface area contributed by atoms with Gasteiger partial charge in [-0.15, -0.1) is 0 Å². The summed E-state index contributed by atoms with van der Waals surface area (Å²) >= 11 is 1.84. The van der Waals surface area contributed by atoms with E-state index >= 15 is 0 Å². The lowest BCUT2D eigenvalue weighted by Crippen LogP contribution is -2.33. The average Bonchev–Trinajstić information content (AvgIpc) is 2.76. The molecule has 0 aliphatic carbocycles. The van der Waals surface area contributed by atoms with E-state index in [-0.39, 0.29) is 5.75 Å². The number of rotatable bonds is 6. The third kappa shape index (κ3) is 5.29. The van der Waals surface area contributed by atoms with E-state index < -0.39 is 10.0 Å². The first-order valence-electron chi connectivity index (χ1n) is 7.46. The molecule has 1 N–H and O–H groups in total. The molecule has 1 heterocycles. The molecule has 0 aromatic heterocycles. The monoisotopic (exact) mass is 328 g/mol. The van der Waals surface area contributed by atoms with Gasteiger partial charge in [-0.2, -0.15) is 11.8 Å². The van der Waals surface area contributed by atoms with Crippen LogP contribution in [0.4, 0.5) is 0 Å². The number of thioether (sulfide) groups is 1. The minimum absolute atomic E-state index is 0.110. The molecule has 0 amide bonds. The molecule has 21 heavy (non-hydrogen) atoms. The molecule has 1 aliphatic rings. The number of hydrogen-bond donors (Lipinski definition) is 1. The maximum Gasteiger partial charge on any atom is 0.218 e. The molecular weight excluding hydrogens is 304 g/mol. The van der Waals surface area contributed by atoms with Crippen LogP contribution in [-0.2, 0) is 22.3 Å². The van der Waals surface area contributed by atoms with Crippen LogP contribution >= 0.6 is 11.8 Å². The van der Waals surface area contributed by atoms with Crippen molar-refractivity contribution in [2.24, 2.45) is 0 Å². The molecule has 0 unspecified atom stereocenters. The van der Waals surface area contributed by atoms with Gasteiger partial charge in [0.25, 0.3) is 0 Å². The van der Waals surface area contributed by atoms with Crippen LogP contribution in [0, 0.1) is 0 Å². The summed E-state index contributed by atoms with van der Waals surface area (Å²) in [6, 6.07) is 7.87. The Morgan fingerprint density at radius 1 is 1.14 bits per heavy atom. The summed E-state index contributed by atoms with van der Waals surface area (Å²) in [5.41, 5.74) is 2.05. The van der Waals surface area contributed by atoms with Crippen LogP contribution in [0.3, 0.4) is 0 Å². The Hall–Kier alpha value is -0.560. The van der Waals surface area contributed by atoms with Gasteiger partial charge in [0.1, 0.15) is 0 Å². The number of sulfonamides is 1. The van der Waals surface area contributed by atoms with Gasteiger partial charge >= 0.3 is 0 Å². The summed E-state index contributed by atoms with van der Waals surface area (Å²) in [4.78, 5) is 0. The number of hydrogen-bond acceptors (Lipinski definition) is 4. The van der Waals surface area contributed by atoms with Gasteiger partial charge in [-0.25, -0.2) is 12.7 Å². The smallest absolute Gasteiger partial charge is 0.218 e. The van der Waals surface area contributed by atoms with Gasteiger partial charge < -0.3 is 5.32 Å². The molecule has 0 radical (unpaired) electrons. The molecule has 2 rings (SSSR count). The van der Waals surface area contributed by atoms with Gasteiger partial charge in [0, 0.05) is 25.4 Å². The average molecular weight is 329 g/mol. The number of benzene rings is 1. The fraction of sp³-hybridized carbons (Fsp3) is 0.600. The second kappa shape index (κ2) is 8.17. The van der Waals surface area contributed by atoms with Gasteiger partial charge in [-0.05, 0) is 29.8 Å². The van der Waals surface area contributed by atoms with Crippen LogP contribution in [0.5, 0.6) is 0 Å². The summed E-state index contributed by atoms with van der Waals surface area (Å²) in [6.07, 6.45) is 0.950. The van der Waals surface area contributed by atoms with Crippen molar-refractivity contribution in [1.82, 2.24) is 9.62 Å². The summed E-state index contributed by atoms with van der Waals surface area (Å²) in [7, 11) is -3.19. The van der Waals surface area contributed by atoms with Crippen molar-refractivity contribution in [2.45, 2.75) is 25.6 Å². The van der Waals surface area contributed by atoms with Crippen LogP contribution in [0.1, 0.15) is 24.5 Å². The van der Waals surface area contributed by atoms with Gasteiger partial charge in [0.15, 0.2) is 0 Å². The first-order chi connectivity index (χ1) is 10.1. The molecule has 0 saturated carbocycles. The highest BCUT2D eigenvalue weighted by Crippen LogP contribution is 2.17. The lowest BCUT2D eigenvalue weighted by atomic mass is 10.1. The van der Waals surface area contributed by atoms with Gasteiger partial charge in [-0.3, -0.25) is 0 Å². The van der Waals surface area contributed by atoms with Crippen molar-refractivity contribution in [1.29, 1.82) is 0 Å². The third-order valence-electron chi connectivity index (χ3n) is 3.53. The minimum atomic E-state index is -3.19. The Bertz CT molecular complexity index is 521. The Kier molecular flexibility index (Phi) is 6.54. The van der Waals surface area contributed by atoms with Crippen LogP contribution in [0.2, 0.25) is 0 Å². The predicted molar refractivity (Wildman–Crippen MR) is 90.0 cm³/mol. The minimum Gasteiger partial charge on any atom is -0.313 e. The Morgan fingerprint density at radius 3 is 2.57 bits per heavy atom. The molecule has 0 spiro atoms. The molecule has 4 nitrogen and oxygen atoms in total. The fourth-order valence-corrected chi connectivity index (χ4v) is 4.90. The second-order valence-electron chi connectivity index (χ2n) is 5.22. The topological polar surface area (TPSA) is 49.4 Å². The van der Waals surface area contributed by atoms with E-state index in [0.717, 1.165) is 36.6 Å². The molecular formula is C15H24N2O2S2. The van der Waals surface area contributed by atoms with Gasteiger partial charge in [0.2, 0.25) is 10.0 Å². The summed E-state index contributed by atoms with van der Waals surface area (Å²) in [5.74, 6) is 2.07. The predicted octanol–water partition coefficient (Wildman–Crippen LogP) is 2.06. The van der Waals surface area contributed by atoms with Gasteiger partial charge in [0.05, 0.1) is 5.75 Å². The Labute approximate surface area is 132 Å². The van der Waals surface area contributed by atoms with E-state index in [1.165, 1.54) is 5.56 Å². The van der Waals surface area contributed by atoms with E-state index in [4.69, 9.17) is 0 Å². The normalized spacial score (nSPS) is 17.6. The molecule has 6 heteroatoms. The first kappa shape index (κ1) is 16.8. The van der Waals surface area contributed by atoms with E-state index in [2.05, 4.69) is 12.2 Å². The molecule has 1 aromatic carbocycles. The van der Waals surface area contributed by atoms with E-state index in [1.54, 1.807) is 4.31 Å². The highest BCUT2D eigenvalue weighted by molar-refractivity contribution is 7.99. The van der Waals surface area contributed by atoms with Crippen molar-refractivity contribution < 1.29 is 8.42 Å². The molecule has 1 fully saturated rings. The fourth-order valence-electron chi connectivity index (χ4n) is 2.33. The molecule has 1 aliphatic heterocycles. The zero-order valence-electron chi connectivity index (χ0n) is 12.5. The summed E-state index contributed by atoms with van der Waals surface area (Å²) in [5, 5.41) is 3.26. The van der Waals surface area contributed by atoms with Crippen molar-refractivity contribution >= 4 is 21.8 Å². The SMILES string of the molecule is CCNCc1ccc(CS(=O)(=O)N2CCCSCC2)cc1. The largest absolute Gasteiger partial charge is 0.313 e. The Balaban J connectivity index is 1.98. The molecule has 118 valence electrons. The molecule has 0 bridgehead atoms. The van der Waals surface area contributed by atoms with E-state index in [1.807, 2.05) is 36.0 Å². The van der Waals surface area contributed by atoms with Crippen molar-refractivity contribution in [3.63, 3.8) is 0 Å². The van der Waals surface area contributed by atoms with Crippen LogP contribution < -0.4 is 5.32 Å². The lowest BCUT2D eigenvalue weighted by molar-refractivity contribution is 0.434. The Morgan fingerprint density at radius 2 is 1.86 bits per heavy atom. The van der Waals surface area contributed by atoms with E-state index in [0.29, 0.717) is 13.1 Å². The highest BCUT2D eigenvalue weighted by atomic mass is 32.2. The zero-order valence-corrected chi connectivity index (χ0v) is 14.2. The number of nitrogens with zero attached hydrogens (tertiary/aromatic N) is 1. The molecule has 0 atom stereocenters. The maximum atomic E-state index is 12.5. The van der Waals surface area contributed by atoms with E-state index in [9.17, 15) is 8.42 Å². The highest BCUT2D eigenvalue weighted by Gasteiger charge is 2.23. The third-order valence-corrected chi connectivity index (χ3v) is 6.42. The molecule has 1 saturated heterocycles. The lowest BCUT2D eigenvalue weighted by Gasteiger charge is -2.19. The second-order valence-corrected chi connectivity index (χ2v) is 8.41. The van der Waals surface area contributed by atoms with Crippen molar-refractivity contribution in [3.05, 3.63) is 35.4 Å². The van der Waals surface area contributed by atoms with Crippen LogP contribution in [0.15, 0.2) is 24.3 Å². The maximum absolute atomic E-state index is 12.5. The summed E-state index contributed by atoms with van der Waals surface area (Å²) in [6.45, 7) is 5.13. The van der Waals surface area contributed by atoms with Crippen molar-refractivity contribution in [3.8, 4) is 0 Å².